The minimum absolute atomic E-state index is 0.0634. The summed E-state index contributed by atoms with van der Waals surface area (Å²) in [6, 6.07) is 3.49. The molecule has 0 spiro atoms. The summed E-state index contributed by atoms with van der Waals surface area (Å²) < 4.78 is 0. The summed E-state index contributed by atoms with van der Waals surface area (Å²) in [7, 11) is 0. The number of hydrogen-bond acceptors (Lipinski definition) is 4. The van der Waals surface area contributed by atoms with Gasteiger partial charge in [-0.1, -0.05) is 25.2 Å². The minimum atomic E-state index is -0.200. The van der Waals surface area contributed by atoms with Crippen LogP contribution in [0.5, 0.6) is 0 Å². The maximum Gasteiger partial charge on any atom is 0.273 e. The highest BCUT2D eigenvalue weighted by Gasteiger charge is 2.18. The van der Waals surface area contributed by atoms with Crippen LogP contribution in [0.25, 0.3) is 0 Å². The van der Waals surface area contributed by atoms with Crippen molar-refractivity contribution in [2.24, 2.45) is 5.73 Å². The van der Waals surface area contributed by atoms with Gasteiger partial charge in [-0.05, 0) is 18.6 Å². The first kappa shape index (κ1) is 16.2. The lowest BCUT2D eigenvalue weighted by Crippen LogP contribution is -2.35. The van der Waals surface area contributed by atoms with Crippen molar-refractivity contribution < 1.29 is 9.90 Å². The van der Waals surface area contributed by atoms with Gasteiger partial charge in [-0.15, -0.1) is 0 Å². The zero-order chi connectivity index (χ0) is 14.8. The number of carbonyl (C=O) groups is 1. The quantitative estimate of drug-likeness (QED) is 0.746. The summed E-state index contributed by atoms with van der Waals surface area (Å²) >= 11 is 0. The van der Waals surface area contributed by atoms with E-state index in [1.165, 1.54) is 0 Å². The second-order valence-electron chi connectivity index (χ2n) is 4.27. The fraction of sp³-hybridized carbons (Fsp3) is 0.467. The molecule has 1 aromatic rings. The van der Waals surface area contributed by atoms with Gasteiger partial charge < -0.3 is 15.7 Å². The SMILES string of the molecule is CCCCN(CCO)C(=O)c1ncccc1C#CCN. The molecule has 3 N–H and O–H groups in total. The third kappa shape index (κ3) is 4.65. The van der Waals surface area contributed by atoms with E-state index in [2.05, 4.69) is 23.7 Å². The Kier molecular flexibility index (Phi) is 7.33. The molecule has 1 heterocycles. The monoisotopic (exact) mass is 275 g/mol. The molecule has 0 aliphatic heterocycles. The number of nitrogens with zero attached hydrogens (tertiary/aromatic N) is 2. The summed E-state index contributed by atoms with van der Waals surface area (Å²) in [4.78, 5) is 18.2. The molecule has 1 amide bonds. The first-order valence-electron chi connectivity index (χ1n) is 6.78. The molecule has 5 heteroatoms. The number of nitrogens with two attached hydrogens (primary N) is 1. The summed E-state index contributed by atoms with van der Waals surface area (Å²) in [5.41, 5.74) is 6.24. The van der Waals surface area contributed by atoms with Crippen LogP contribution in [-0.4, -0.2) is 47.1 Å². The van der Waals surface area contributed by atoms with Gasteiger partial charge in [-0.25, -0.2) is 4.98 Å². The molecule has 0 fully saturated rings. The molecule has 0 bridgehead atoms. The zero-order valence-electron chi connectivity index (χ0n) is 11.8. The van der Waals surface area contributed by atoms with Crippen LogP contribution in [0.2, 0.25) is 0 Å². The molecule has 108 valence electrons. The molecule has 0 aromatic carbocycles. The molecule has 0 radical (unpaired) electrons. The van der Waals surface area contributed by atoms with E-state index in [-0.39, 0.29) is 19.1 Å². The Hall–Kier alpha value is -1.90. The molecular weight excluding hydrogens is 254 g/mol. The van der Waals surface area contributed by atoms with Crippen molar-refractivity contribution in [3.63, 3.8) is 0 Å². The first-order chi connectivity index (χ1) is 9.74. The maximum atomic E-state index is 12.5. The Labute approximate surface area is 119 Å². The van der Waals surface area contributed by atoms with Crippen molar-refractivity contribution in [2.75, 3.05) is 26.2 Å². The van der Waals surface area contributed by atoms with Crippen molar-refractivity contribution in [1.82, 2.24) is 9.88 Å². The number of aliphatic hydroxyl groups is 1. The Morgan fingerprint density at radius 1 is 1.50 bits per heavy atom. The van der Waals surface area contributed by atoms with Crippen LogP contribution in [0.15, 0.2) is 18.3 Å². The van der Waals surface area contributed by atoms with Crippen LogP contribution in [0, 0.1) is 11.8 Å². The average molecular weight is 275 g/mol. The van der Waals surface area contributed by atoms with E-state index in [0.29, 0.717) is 24.3 Å². The van der Waals surface area contributed by atoms with Gasteiger partial charge in [0, 0.05) is 19.3 Å². The number of amides is 1. The number of rotatable bonds is 6. The highest BCUT2D eigenvalue weighted by Crippen LogP contribution is 2.09. The van der Waals surface area contributed by atoms with E-state index in [1.54, 1.807) is 23.2 Å². The fourth-order valence-corrected chi connectivity index (χ4v) is 1.76. The van der Waals surface area contributed by atoms with Gasteiger partial charge in [0.15, 0.2) is 0 Å². The predicted octanol–water partition coefficient (Wildman–Crippen LogP) is 0.626. The molecule has 0 aliphatic rings. The van der Waals surface area contributed by atoms with Gasteiger partial charge >= 0.3 is 0 Å². The molecule has 0 unspecified atom stereocenters. The largest absolute Gasteiger partial charge is 0.395 e. The topological polar surface area (TPSA) is 79.5 Å². The maximum absolute atomic E-state index is 12.5. The van der Waals surface area contributed by atoms with Crippen molar-refractivity contribution in [1.29, 1.82) is 0 Å². The minimum Gasteiger partial charge on any atom is -0.395 e. The zero-order valence-corrected chi connectivity index (χ0v) is 11.8. The van der Waals surface area contributed by atoms with E-state index in [0.717, 1.165) is 12.8 Å². The van der Waals surface area contributed by atoms with Gasteiger partial charge in [0.1, 0.15) is 5.69 Å². The lowest BCUT2D eigenvalue weighted by atomic mass is 10.1. The lowest BCUT2D eigenvalue weighted by molar-refractivity contribution is 0.0713. The highest BCUT2D eigenvalue weighted by atomic mass is 16.3. The molecular formula is C15H21N3O2. The molecule has 0 aliphatic carbocycles. The number of unbranched alkanes of at least 4 members (excludes halogenated alkanes) is 1. The fourth-order valence-electron chi connectivity index (χ4n) is 1.76. The van der Waals surface area contributed by atoms with Gasteiger partial charge in [0.05, 0.1) is 18.7 Å². The van der Waals surface area contributed by atoms with Gasteiger partial charge in [-0.2, -0.15) is 0 Å². The van der Waals surface area contributed by atoms with Crippen LogP contribution in [0.3, 0.4) is 0 Å². The number of carbonyl (C=O) groups excluding carboxylic acids is 1. The standard InChI is InChI=1S/C15H21N3O2/c1-2-3-10-18(11-12-19)15(20)14-13(6-4-8-16)7-5-9-17-14/h5,7,9,19H,2-3,8,10-12,16H2,1H3. The normalized spacial score (nSPS) is 9.75. The smallest absolute Gasteiger partial charge is 0.273 e. The van der Waals surface area contributed by atoms with Crippen molar-refractivity contribution in [2.45, 2.75) is 19.8 Å². The second-order valence-corrected chi connectivity index (χ2v) is 4.27. The van der Waals surface area contributed by atoms with Gasteiger partial charge in [-0.3, -0.25) is 4.79 Å². The Morgan fingerprint density at radius 3 is 2.95 bits per heavy atom. The molecule has 0 saturated heterocycles. The van der Waals surface area contributed by atoms with Crippen LogP contribution in [0.4, 0.5) is 0 Å². The molecule has 0 saturated carbocycles. The second kappa shape index (κ2) is 9.08. The van der Waals surface area contributed by atoms with Crippen LogP contribution < -0.4 is 5.73 Å². The Morgan fingerprint density at radius 2 is 2.30 bits per heavy atom. The van der Waals surface area contributed by atoms with Crippen LogP contribution in [-0.2, 0) is 0 Å². The lowest BCUT2D eigenvalue weighted by Gasteiger charge is -2.21. The van der Waals surface area contributed by atoms with Crippen molar-refractivity contribution in [3.8, 4) is 11.8 Å². The summed E-state index contributed by atoms with van der Waals surface area (Å²) in [5.74, 6) is 5.39. The van der Waals surface area contributed by atoms with Crippen molar-refractivity contribution in [3.05, 3.63) is 29.6 Å². The first-order valence-corrected chi connectivity index (χ1v) is 6.78. The van der Waals surface area contributed by atoms with Gasteiger partial charge in [0.25, 0.3) is 5.91 Å². The third-order valence-electron chi connectivity index (χ3n) is 2.77. The average Bonchev–Trinajstić information content (AvgIpc) is 2.49. The van der Waals surface area contributed by atoms with Crippen LogP contribution >= 0.6 is 0 Å². The van der Waals surface area contributed by atoms with E-state index in [4.69, 9.17) is 10.8 Å². The van der Waals surface area contributed by atoms with Crippen molar-refractivity contribution >= 4 is 5.91 Å². The number of aromatic nitrogens is 1. The summed E-state index contributed by atoms with van der Waals surface area (Å²) in [6.07, 6.45) is 3.44. The molecule has 5 nitrogen and oxygen atoms in total. The number of aliphatic hydroxyl groups excluding tert-OH is 1. The van der Waals surface area contributed by atoms with E-state index in [9.17, 15) is 4.79 Å². The van der Waals surface area contributed by atoms with Crippen LogP contribution in [0.1, 0.15) is 35.8 Å². The van der Waals surface area contributed by atoms with E-state index in [1.807, 2.05) is 0 Å². The third-order valence-corrected chi connectivity index (χ3v) is 2.77. The molecule has 0 atom stereocenters. The Balaban J connectivity index is 2.98. The van der Waals surface area contributed by atoms with Gasteiger partial charge in [0.2, 0.25) is 0 Å². The van der Waals surface area contributed by atoms with E-state index < -0.39 is 0 Å². The number of hydrogen-bond donors (Lipinski definition) is 2. The Bertz CT molecular complexity index is 491. The summed E-state index contributed by atoms with van der Waals surface area (Å²) in [6.45, 7) is 3.14. The molecule has 1 aromatic heterocycles. The predicted molar refractivity (Wildman–Crippen MR) is 78.1 cm³/mol. The van der Waals surface area contributed by atoms with E-state index >= 15 is 0 Å². The summed E-state index contributed by atoms with van der Waals surface area (Å²) in [5, 5.41) is 9.08. The molecule has 1 rings (SSSR count). The molecule has 20 heavy (non-hydrogen) atoms. The highest BCUT2D eigenvalue weighted by molar-refractivity contribution is 5.94. The number of pyridine rings is 1.